The number of aryl methyl sites for hydroxylation is 1. The van der Waals surface area contributed by atoms with Gasteiger partial charge in [0.25, 0.3) is 0 Å². The third kappa shape index (κ3) is 6.53. The molecule has 0 bridgehead atoms. The molecule has 0 N–H and O–H groups in total. The highest BCUT2D eigenvalue weighted by Crippen LogP contribution is 2.33. The van der Waals surface area contributed by atoms with Gasteiger partial charge in [-0.1, -0.05) is 42.3 Å². The van der Waals surface area contributed by atoms with Gasteiger partial charge < -0.3 is 9.64 Å². The normalized spacial score (nSPS) is 16.2. The van der Waals surface area contributed by atoms with Gasteiger partial charge in [-0.05, 0) is 56.0 Å². The van der Waals surface area contributed by atoms with E-state index >= 15 is 0 Å². The summed E-state index contributed by atoms with van der Waals surface area (Å²) in [5.41, 5.74) is 4.22. The van der Waals surface area contributed by atoms with E-state index < -0.39 is 0 Å². The van der Waals surface area contributed by atoms with Crippen molar-refractivity contribution < 1.29 is 9.53 Å². The van der Waals surface area contributed by atoms with Crippen molar-refractivity contribution >= 4 is 46.1 Å². The van der Waals surface area contributed by atoms with Crippen LogP contribution in [0.2, 0.25) is 10.0 Å². The van der Waals surface area contributed by atoms with E-state index in [-0.39, 0.29) is 5.78 Å². The molecule has 5 nitrogen and oxygen atoms in total. The smallest absolute Gasteiger partial charge is 0.138 e. The highest BCUT2D eigenvalue weighted by atomic mass is 35.5. The first-order valence-corrected chi connectivity index (χ1v) is 13.0. The van der Waals surface area contributed by atoms with E-state index in [1.165, 1.54) is 5.56 Å². The van der Waals surface area contributed by atoms with Crippen LogP contribution in [-0.2, 0) is 11.2 Å². The third-order valence-electron chi connectivity index (χ3n) is 6.60. The van der Waals surface area contributed by atoms with Gasteiger partial charge in [0.05, 0.1) is 28.0 Å². The topological polar surface area (TPSA) is 45.1 Å². The van der Waals surface area contributed by atoms with Crippen molar-refractivity contribution in [3.63, 3.8) is 0 Å². The SMILES string of the molecule is CCC(=O)CC1=Nc2cc(OCCCCN3CCN(c4cccc(Cl)c4Cl)CC3)ccc2CC1. The van der Waals surface area contributed by atoms with Crippen molar-refractivity contribution in [3.05, 3.63) is 52.0 Å². The van der Waals surface area contributed by atoms with E-state index in [1.807, 2.05) is 37.3 Å². The summed E-state index contributed by atoms with van der Waals surface area (Å²) in [5, 5.41) is 1.26. The van der Waals surface area contributed by atoms with Gasteiger partial charge >= 0.3 is 0 Å². The summed E-state index contributed by atoms with van der Waals surface area (Å²) in [5.74, 6) is 1.11. The second-order valence-corrected chi connectivity index (χ2v) is 9.78. The zero-order valence-corrected chi connectivity index (χ0v) is 21.4. The number of aliphatic imine (C=N–C) groups is 1. The molecule has 7 heteroatoms. The summed E-state index contributed by atoms with van der Waals surface area (Å²) < 4.78 is 6.01. The average molecular weight is 502 g/mol. The number of unbranched alkanes of at least 4 members (excludes halogenated alkanes) is 1. The number of fused-ring (bicyclic) bond motifs is 1. The molecule has 0 unspecified atom stereocenters. The number of benzene rings is 2. The van der Waals surface area contributed by atoms with Crippen LogP contribution in [0.5, 0.6) is 5.75 Å². The van der Waals surface area contributed by atoms with Crippen LogP contribution < -0.4 is 9.64 Å². The highest BCUT2D eigenvalue weighted by Gasteiger charge is 2.19. The Kier molecular flexibility index (Phi) is 8.87. The molecule has 0 aromatic heterocycles. The van der Waals surface area contributed by atoms with Crippen molar-refractivity contribution in [3.8, 4) is 5.75 Å². The van der Waals surface area contributed by atoms with E-state index in [1.54, 1.807) is 0 Å². The Hall–Kier alpha value is -2.08. The average Bonchev–Trinajstić information content (AvgIpc) is 2.85. The molecule has 0 atom stereocenters. The van der Waals surface area contributed by atoms with E-state index in [9.17, 15) is 4.79 Å². The molecular formula is C27H33Cl2N3O2. The largest absolute Gasteiger partial charge is 0.494 e. The van der Waals surface area contributed by atoms with Gasteiger partial charge in [0.15, 0.2) is 0 Å². The molecule has 0 amide bonds. The first-order chi connectivity index (χ1) is 16.5. The Bertz CT molecular complexity index is 1030. The summed E-state index contributed by atoms with van der Waals surface area (Å²) in [4.78, 5) is 21.3. The molecule has 2 aliphatic heterocycles. The summed E-state index contributed by atoms with van der Waals surface area (Å²) in [6.45, 7) is 7.63. The molecule has 0 spiro atoms. The minimum atomic E-state index is 0.254. The molecule has 2 aromatic carbocycles. The van der Waals surface area contributed by atoms with Gasteiger partial charge in [-0.2, -0.15) is 0 Å². The lowest BCUT2D eigenvalue weighted by atomic mass is 9.98. The molecule has 0 radical (unpaired) electrons. The number of hydrogen-bond donors (Lipinski definition) is 0. The second kappa shape index (κ2) is 12.1. The standard InChI is InChI=1S/C27H33Cl2N3O2/c1-2-22(33)18-21-10-8-20-9-11-23(19-25(20)30-21)34-17-4-3-12-31-13-15-32(16-14-31)26-7-5-6-24(28)27(26)29/h5-7,9,11,19H,2-4,8,10,12-18H2,1H3. The molecule has 0 saturated carbocycles. The summed E-state index contributed by atoms with van der Waals surface area (Å²) in [6, 6.07) is 12.0. The number of rotatable bonds is 10. The number of carbonyl (C=O) groups excluding carboxylic acids is 1. The van der Waals surface area contributed by atoms with Crippen LogP contribution >= 0.6 is 23.2 Å². The van der Waals surface area contributed by atoms with E-state index in [4.69, 9.17) is 32.9 Å². The summed E-state index contributed by atoms with van der Waals surface area (Å²) >= 11 is 12.6. The van der Waals surface area contributed by atoms with E-state index in [0.717, 1.165) is 81.2 Å². The molecule has 0 aliphatic carbocycles. The van der Waals surface area contributed by atoms with Gasteiger partial charge in [-0.15, -0.1) is 0 Å². The lowest BCUT2D eigenvalue weighted by Gasteiger charge is -2.36. The maximum Gasteiger partial charge on any atom is 0.138 e. The fourth-order valence-electron chi connectivity index (χ4n) is 4.51. The number of halogens is 2. The number of ether oxygens (including phenoxy) is 1. The number of anilines is 1. The molecule has 182 valence electrons. The predicted octanol–water partition coefficient (Wildman–Crippen LogP) is 6.36. The minimum Gasteiger partial charge on any atom is -0.494 e. The summed E-state index contributed by atoms with van der Waals surface area (Å²) in [6.07, 6.45) is 4.98. The Morgan fingerprint density at radius 3 is 2.68 bits per heavy atom. The van der Waals surface area contributed by atoms with Gasteiger partial charge in [0.1, 0.15) is 11.5 Å². The first-order valence-electron chi connectivity index (χ1n) is 12.3. The van der Waals surface area contributed by atoms with Crippen molar-refractivity contribution in [2.24, 2.45) is 4.99 Å². The Morgan fingerprint density at radius 2 is 1.88 bits per heavy atom. The molecule has 2 heterocycles. The van der Waals surface area contributed by atoms with E-state index in [2.05, 4.69) is 15.9 Å². The predicted molar refractivity (Wildman–Crippen MR) is 142 cm³/mol. The molecule has 2 aromatic rings. The summed E-state index contributed by atoms with van der Waals surface area (Å²) in [7, 11) is 0. The molecule has 4 rings (SSSR count). The highest BCUT2D eigenvalue weighted by molar-refractivity contribution is 6.43. The van der Waals surface area contributed by atoms with Crippen molar-refractivity contribution in [2.45, 2.75) is 45.4 Å². The van der Waals surface area contributed by atoms with Crippen LogP contribution in [0, 0.1) is 0 Å². The molecule has 2 aliphatic rings. The zero-order chi connectivity index (χ0) is 23.9. The molecule has 1 fully saturated rings. The maximum atomic E-state index is 11.8. The number of Topliss-reactive ketones (excluding diaryl/α,β-unsaturated/α-hetero) is 1. The number of hydrogen-bond acceptors (Lipinski definition) is 5. The van der Waals surface area contributed by atoms with Gasteiger partial charge in [0, 0.05) is 50.8 Å². The molecular weight excluding hydrogens is 469 g/mol. The van der Waals surface area contributed by atoms with Crippen LogP contribution in [0.4, 0.5) is 11.4 Å². The minimum absolute atomic E-state index is 0.254. The van der Waals surface area contributed by atoms with Crippen LogP contribution in [-0.4, -0.2) is 55.7 Å². The first kappa shape index (κ1) is 25.0. The Balaban J connectivity index is 1.17. The fourth-order valence-corrected chi connectivity index (χ4v) is 4.93. The van der Waals surface area contributed by atoms with Gasteiger partial charge in [0.2, 0.25) is 0 Å². The Labute approximate surface area is 212 Å². The third-order valence-corrected chi connectivity index (χ3v) is 7.40. The van der Waals surface area contributed by atoms with Gasteiger partial charge in [-0.25, -0.2) is 0 Å². The second-order valence-electron chi connectivity index (χ2n) is 8.99. The lowest BCUT2D eigenvalue weighted by Crippen LogP contribution is -2.46. The molecule has 34 heavy (non-hydrogen) atoms. The fraction of sp³-hybridized carbons (Fsp3) is 0.481. The van der Waals surface area contributed by atoms with Crippen LogP contribution in [0.15, 0.2) is 41.4 Å². The number of carbonyl (C=O) groups is 1. The maximum absolute atomic E-state index is 11.8. The quantitative estimate of drug-likeness (QED) is 0.355. The lowest BCUT2D eigenvalue weighted by molar-refractivity contribution is -0.117. The van der Waals surface area contributed by atoms with Crippen molar-refractivity contribution in [2.75, 3.05) is 44.2 Å². The van der Waals surface area contributed by atoms with Gasteiger partial charge in [-0.3, -0.25) is 14.7 Å². The monoisotopic (exact) mass is 501 g/mol. The Morgan fingerprint density at radius 1 is 1.06 bits per heavy atom. The van der Waals surface area contributed by atoms with Crippen LogP contribution in [0.25, 0.3) is 0 Å². The molecule has 1 saturated heterocycles. The number of piperazine rings is 1. The zero-order valence-electron chi connectivity index (χ0n) is 19.9. The van der Waals surface area contributed by atoms with E-state index in [0.29, 0.717) is 29.5 Å². The van der Waals surface area contributed by atoms with Crippen molar-refractivity contribution in [1.82, 2.24) is 4.90 Å². The number of ketones is 1. The van der Waals surface area contributed by atoms with Crippen LogP contribution in [0.1, 0.15) is 44.6 Å². The number of nitrogens with zero attached hydrogens (tertiary/aromatic N) is 3. The van der Waals surface area contributed by atoms with Crippen molar-refractivity contribution in [1.29, 1.82) is 0 Å². The van der Waals surface area contributed by atoms with Crippen LogP contribution in [0.3, 0.4) is 0 Å².